The van der Waals surface area contributed by atoms with Crippen LogP contribution in [0.15, 0.2) is 42.0 Å². The van der Waals surface area contributed by atoms with Crippen molar-refractivity contribution in [3.05, 3.63) is 47.5 Å². The molecule has 0 spiro atoms. The highest BCUT2D eigenvalue weighted by atomic mass is 19.4. The van der Waals surface area contributed by atoms with E-state index in [2.05, 4.69) is 4.74 Å². The van der Waals surface area contributed by atoms with Gasteiger partial charge in [-0.25, -0.2) is 4.79 Å². The molecule has 20 heavy (non-hydrogen) atoms. The lowest BCUT2D eigenvalue weighted by Crippen LogP contribution is -2.27. The number of halogens is 6. The van der Waals surface area contributed by atoms with E-state index in [1.54, 1.807) is 18.2 Å². The van der Waals surface area contributed by atoms with Gasteiger partial charge in [-0.3, -0.25) is 0 Å². The molecule has 1 aromatic carbocycles. The fourth-order valence-corrected chi connectivity index (χ4v) is 1.21. The molecule has 0 atom stereocenters. The smallest absolute Gasteiger partial charge is 0.421 e. The van der Waals surface area contributed by atoms with E-state index < -0.39 is 36.6 Å². The Morgan fingerprint density at radius 1 is 1.00 bits per heavy atom. The Morgan fingerprint density at radius 3 is 1.95 bits per heavy atom. The molecular weight excluding hydrogens is 290 g/mol. The molecule has 0 radical (unpaired) electrons. The van der Waals surface area contributed by atoms with Gasteiger partial charge in [0.2, 0.25) is 0 Å². The van der Waals surface area contributed by atoms with Crippen molar-refractivity contribution in [1.82, 2.24) is 0 Å². The van der Waals surface area contributed by atoms with Crippen molar-refractivity contribution >= 4 is 5.97 Å². The van der Waals surface area contributed by atoms with Gasteiger partial charge in [0.25, 0.3) is 0 Å². The van der Waals surface area contributed by atoms with E-state index in [0.29, 0.717) is 5.56 Å². The molecule has 8 heteroatoms. The molecule has 0 aliphatic carbocycles. The lowest BCUT2D eigenvalue weighted by atomic mass is 10.2. The highest BCUT2D eigenvalue weighted by Gasteiger charge is 2.51. The highest BCUT2D eigenvalue weighted by Crippen LogP contribution is 2.38. The van der Waals surface area contributed by atoms with Gasteiger partial charge in [0.05, 0.1) is 0 Å². The monoisotopic (exact) mass is 298 g/mol. The normalized spacial score (nSPS) is 11.9. The molecule has 0 saturated heterocycles. The van der Waals surface area contributed by atoms with Crippen LogP contribution in [0.1, 0.15) is 5.56 Å². The molecular formula is C12H8F6O2. The Hall–Kier alpha value is -1.99. The van der Waals surface area contributed by atoms with Crippen LogP contribution in [-0.4, -0.2) is 18.3 Å². The van der Waals surface area contributed by atoms with Crippen LogP contribution in [0.5, 0.6) is 0 Å². The topological polar surface area (TPSA) is 26.3 Å². The molecule has 1 aromatic rings. The minimum Gasteiger partial charge on any atom is -0.458 e. The van der Waals surface area contributed by atoms with Crippen molar-refractivity contribution in [2.75, 3.05) is 0 Å². The van der Waals surface area contributed by atoms with Crippen LogP contribution in [0.25, 0.3) is 0 Å². The minimum absolute atomic E-state index is 0.417. The van der Waals surface area contributed by atoms with Crippen LogP contribution in [0.2, 0.25) is 0 Å². The van der Waals surface area contributed by atoms with Gasteiger partial charge in [0, 0.05) is 6.08 Å². The summed E-state index contributed by atoms with van der Waals surface area (Å²) in [6.07, 6.45) is -11.9. The summed E-state index contributed by atoms with van der Waals surface area (Å²) >= 11 is 0. The summed E-state index contributed by atoms with van der Waals surface area (Å²) in [5.74, 6) is -1.71. The second kappa shape index (κ2) is 5.98. The van der Waals surface area contributed by atoms with Crippen molar-refractivity contribution in [2.24, 2.45) is 0 Å². The van der Waals surface area contributed by atoms with E-state index in [1.807, 2.05) is 0 Å². The molecule has 110 valence electrons. The van der Waals surface area contributed by atoms with Crippen molar-refractivity contribution in [2.45, 2.75) is 19.0 Å². The van der Waals surface area contributed by atoms with Crippen LogP contribution in [0.3, 0.4) is 0 Å². The molecule has 0 bridgehead atoms. The van der Waals surface area contributed by atoms with Crippen LogP contribution >= 0.6 is 0 Å². The number of ether oxygens (including phenoxy) is 1. The maximum Gasteiger partial charge on any atom is 0.421 e. The molecule has 0 fully saturated rings. The van der Waals surface area contributed by atoms with Gasteiger partial charge in [0.15, 0.2) is 0 Å². The molecule has 2 nitrogen and oxygen atoms in total. The Bertz CT molecular complexity index is 471. The third kappa shape index (κ3) is 4.94. The van der Waals surface area contributed by atoms with Crippen molar-refractivity contribution in [3.63, 3.8) is 0 Å². The highest BCUT2D eigenvalue weighted by molar-refractivity contribution is 5.83. The van der Waals surface area contributed by atoms with Gasteiger partial charge >= 0.3 is 18.3 Å². The zero-order chi connectivity index (χ0) is 15.4. The lowest BCUT2D eigenvalue weighted by Gasteiger charge is -2.14. The Balaban J connectivity index is 2.78. The second-order valence-electron chi connectivity index (χ2n) is 3.65. The third-order valence-corrected chi connectivity index (χ3v) is 2.10. The first-order valence-electron chi connectivity index (χ1n) is 5.17. The third-order valence-electron chi connectivity index (χ3n) is 2.10. The molecule has 1 rings (SSSR count). The fraction of sp³-hybridized carbons (Fsp3) is 0.250. The van der Waals surface area contributed by atoms with Crippen LogP contribution in [0, 0.1) is 0 Å². The average Bonchev–Trinajstić information content (AvgIpc) is 2.32. The number of rotatable bonds is 3. The summed E-state index contributed by atoms with van der Waals surface area (Å²) in [5.41, 5.74) is -2.46. The van der Waals surface area contributed by atoms with E-state index in [-0.39, 0.29) is 0 Å². The summed E-state index contributed by atoms with van der Waals surface area (Å²) in [5, 5.41) is 0. The van der Waals surface area contributed by atoms with Gasteiger partial charge < -0.3 is 4.74 Å². The standard InChI is InChI=1S/C12H8F6O2/c13-11(14,15)9(12(16,17)18)6-10(19)20-7-8-4-2-1-3-5-8/h1-6H,7H2. The number of alkyl halides is 6. The number of hydrogen-bond acceptors (Lipinski definition) is 2. The SMILES string of the molecule is O=C(C=C(C(F)(F)F)C(F)(F)F)OCc1ccccc1. The quantitative estimate of drug-likeness (QED) is 0.482. The summed E-state index contributed by atoms with van der Waals surface area (Å²) < 4.78 is 77.2. The minimum atomic E-state index is -5.68. The number of allylic oxidation sites excluding steroid dienone is 1. The summed E-state index contributed by atoms with van der Waals surface area (Å²) in [7, 11) is 0. The van der Waals surface area contributed by atoms with Gasteiger partial charge in [0.1, 0.15) is 12.2 Å². The summed E-state index contributed by atoms with van der Waals surface area (Å²) in [6, 6.07) is 7.82. The van der Waals surface area contributed by atoms with Gasteiger partial charge in [-0.2, -0.15) is 26.3 Å². The van der Waals surface area contributed by atoms with E-state index >= 15 is 0 Å². The molecule has 0 N–H and O–H groups in total. The maximum absolute atomic E-state index is 12.1. The first-order valence-corrected chi connectivity index (χ1v) is 5.17. The van der Waals surface area contributed by atoms with E-state index in [9.17, 15) is 31.1 Å². The molecule has 0 saturated carbocycles. The Labute approximate surface area is 109 Å². The van der Waals surface area contributed by atoms with Crippen LogP contribution in [-0.2, 0) is 16.1 Å². The molecule has 0 unspecified atom stereocenters. The number of hydrogen-bond donors (Lipinski definition) is 0. The predicted molar refractivity (Wildman–Crippen MR) is 56.4 cm³/mol. The predicted octanol–water partition coefficient (Wildman–Crippen LogP) is 3.78. The van der Waals surface area contributed by atoms with Crippen LogP contribution in [0.4, 0.5) is 26.3 Å². The van der Waals surface area contributed by atoms with Gasteiger partial charge in [-0.15, -0.1) is 0 Å². The maximum atomic E-state index is 12.1. The number of benzene rings is 1. The molecule has 0 aliphatic heterocycles. The zero-order valence-corrected chi connectivity index (χ0v) is 9.76. The summed E-state index contributed by atoms with van der Waals surface area (Å²) in [6.45, 7) is -0.417. The van der Waals surface area contributed by atoms with E-state index in [1.165, 1.54) is 12.1 Å². The number of carbonyl (C=O) groups is 1. The number of esters is 1. The Morgan fingerprint density at radius 2 is 1.50 bits per heavy atom. The van der Waals surface area contributed by atoms with E-state index in [0.717, 1.165) is 0 Å². The van der Waals surface area contributed by atoms with Crippen molar-refractivity contribution in [1.29, 1.82) is 0 Å². The molecule has 0 aliphatic rings. The molecule has 0 amide bonds. The van der Waals surface area contributed by atoms with Gasteiger partial charge in [-0.05, 0) is 5.56 Å². The van der Waals surface area contributed by atoms with Crippen LogP contribution < -0.4 is 0 Å². The lowest BCUT2D eigenvalue weighted by molar-refractivity contribution is -0.174. The molecule has 0 aromatic heterocycles. The molecule has 0 heterocycles. The summed E-state index contributed by atoms with van der Waals surface area (Å²) in [4.78, 5) is 11.0. The van der Waals surface area contributed by atoms with Crippen molar-refractivity contribution in [3.8, 4) is 0 Å². The fourth-order valence-electron chi connectivity index (χ4n) is 1.21. The Kier molecular flexibility index (Phi) is 4.80. The van der Waals surface area contributed by atoms with Crippen molar-refractivity contribution < 1.29 is 35.9 Å². The zero-order valence-electron chi connectivity index (χ0n) is 9.76. The second-order valence-corrected chi connectivity index (χ2v) is 3.65. The van der Waals surface area contributed by atoms with Gasteiger partial charge in [-0.1, -0.05) is 30.3 Å². The number of carbonyl (C=O) groups excluding carboxylic acids is 1. The largest absolute Gasteiger partial charge is 0.458 e. The average molecular weight is 298 g/mol. The first kappa shape index (κ1) is 16.1. The first-order chi connectivity index (χ1) is 9.10. The van der Waals surface area contributed by atoms with E-state index in [4.69, 9.17) is 0 Å².